The van der Waals surface area contributed by atoms with E-state index >= 15 is 0 Å². The predicted molar refractivity (Wildman–Crippen MR) is 122 cm³/mol. The van der Waals surface area contributed by atoms with Crippen molar-refractivity contribution in [3.05, 3.63) is 59.2 Å². The lowest BCUT2D eigenvalue weighted by Gasteiger charge is -2.32. The number of nitrogens with zero attached hydrogens (tertiary/aromatic N) is 1. The van der Waals surface area contributed by atoms with Crippen molar-refractivity contribution in [1.29, 1.82) is 0 Å². The van der Waals surface area contributed by atoms with E-state index in [0.717, 1.165) is 28.7 Å². The van der Waals surface area contributed by atoms with Crippen LogP contribution in [0, 0.1) is 20.8 Å². The van der Waals surface area contributed by atoms with E-state index in [1.807, 2.05) is 71.0 Å². The van der Waals surface area contributed by atoms with Gasteiger partial charge < -0.3 is 10.1 Å². The van der Waals surface area contributed by atoms with Crippen LogP contribution in [0.1, 0.15) is 37.0 Å². The van der Waals surface area contributed by atoms with Crippen LogP contribution in [0.5, 0.6) is 5.75 Å². The molecule has 0 saturated carbocycles. The van der Waals surface area contributed by atoms with Crippen LogP contribution in [0.3, 0.4) is 0 Å². The first-order valence-electron chi connectivity index (χ1n) is 10.1. The van der Waals surface area contributed by atoms with Gasteiger partial charge >= 0.3 is 0 Å². The molecular weight excluding hydrogens is 400 g/mol. The molecule has 6 nitrogen and oxygen atoms in total. The Balaban J connectivity index is 2.19. The molecule has 0 aliphatic carbocycles. The molecule has 0 aliphatic rings. The highest BCUT2D eigenvalue weighted by molar-refractivity contribution is 7.92. The molecule has 0 unspecified atom stereocenters. The molecule has 164 valence electrons. The number of carbonyl (C=O) groups excluding carboxylic acids is 1. The number of benzene rings is 2. The maximum absolute atomic E-state index is 13.0. The maximum Gasteiger partial charge on any atom is 0.244 e. The second-order valence-electron chi connectivity index (χ2n) is 7.76. The van der Waals surface area contributed by atoms with Gasteiger partial charge in [-0.15, -0.1) is 0 Å². The van der Waals surface area contributed by atoms with Gasteiger partial charge in [0.05, 0.1) is 18.0 Å². The second kappa shape index (κ2) is 9.98. The number of amides is 1. The fourth-order valence-corrected chi connectivity index (χ4v) is 4.57. The van der Waals surface area contributed by atoms with E-state index in [-0.39, 0.29) is 18.6 Å². The number of nitrogens with one attached hydrogen (secondary N) is 1. The molecule has 2 aromatic rings. The Morgan fingerprint density at radius 3 is 2.37 bits per heavy atom. The van der Waals surface area contributed by atoms with E-state index in [1.54, 1.807) is 6.07 Å². The smallest absolute Gasteiger partial charge is 0.244 e. The molecule has 0 aliphatic heterocycles. The lowest BCUT2D eigenvalue weighted by molar-refractivity contribution is -0.123. The summed E-state index contributed by atoms with van der Waals surface area (Å²) in [5, 5.41) is 2.91. The Morgan fingerprint density at radius 1 is 1.10 bits per heavy atom. The summed E-state index contributed by atoms with van der Waals surface area (Å²) >= 11 is 0. The maximum atomic E-state index is 13.0. The van der Waals surface area contributed by atoms with Crippen molar-refractivity contribution in [3.63, 3.8) is 0 Å². The normalized spacial score (nSPS) is 13.4. The molecule has 0 heterocycles. The summed E-state index contributed by atoms with van der Waals surface area (Å²) in [6, 6.07) is 12.1. The minimum Gasteiger partial charge on any atom is -0.491 e. The van der Waals surface area contributed by atoms with Crippen molar-refractivity contribution >= 4 is 21.6 Å². The monoisotopic (exact) mass is 432 g/mol. The summed E-state index contributed by atoms with van der Waals surface area (Å²) in [4.78, 5) is 13.0. The first kappa shape index (κ1) is 23.7. The fraction of sp³-hybridized carbons (Fsp3) is 0.435. The van der Waals surface area contributed by atoms with Gasteiger partial charge in [-0.3, -0.25) is 9.10 Å². The lowest BCUT2D eigenvalue weighted by Crippen LogP contribution is -2.52. The molecular formula is C23H32N2O4S. The van der Waals surface area contributed by atoms with E-state index in [0.29, 0.717) is 12.1 Å². The SMILES string of the molecule is CC[C@@H](C(=O)N[C@H](C)COc1ccccc1C)N(c1cc(C)ccc1C)S(C)(=O)=O. The zero-order valence-electron chi connectivity index (χ0n) is 18.6. The van der Waals surface area contributed by atoms with Gasteiger partial charge in [0.1, 0.15) is 18.4 Å². The van der Waals surface area contributed by atoms with Crippen molar-refractivity contribution in [1.82, 2.24) is 5.32 Å². The Labute approximate surface area is 180 Å². The highest BCUT2D eigenvalue weighted by atomic mass is 32.2. The molecule has 1 amide bonds. The van der Waals surface area contributed by atoms with Crippen molar-refractivity contribution < 1.29 is 17.9 Å². The molecule has 2 aromatic carbocycles. The van der Waals surface area contributed by atoms with Crippen molar-refractivity contribution in [2.24, 2.45) is 0 Å². The topological polar surface area (TPSA) is 75.7 Å². The number of sulfonamides is 1. The molecule has 0 bridgehead atoms. The molecule has 0 saturated heterocycles. The Kier molecular flexibility index (Phi) is 7.89. The molecule has 0 aromatic heterocycles. The van der Waals surface area contributed by atoms with E-state index in [4.69, 9.17) is 4.74 Å². The minimum atomic E-state index is -3.67. The summed E-state index contributed by atoms with van der Waals surface area (Å²) < 4.78 is 32.4. The standard InChI is InChI=1S/C23H32N2O4S/c1-7-20(25(30(6,27)28)21-14-16(2)12-13-17(21)3)23(26)24-19(5)15-29-22-11-9-8-10-18(22)4/h8-14,19-20H,7,15H2,1-6H3,(H,24,26)/t19-,20+/m1/s1. The summed E-state index contributed by atoms with van der Waals surface area (Å²) in [6.07, 6.45) is 1.48. The second-order valence-corrected chi connectivity index (χ2v) is 9.62. The number of aryl methyl sites for hydroxylation is 3. The summed E-state index contributed by atoms with van der Waals surface area (Å²) in [5.41, 5.74) is 3.27. The van der Waals surface area contributed by atoms with Gasteiger partial charge in [-0.1, -0.05) is 37.3 Å². The number of hydrogen-bond donors (Lipinski definition) is 1. The zero-order valence-corrected chi connectivity index (χ0v) is 19.4. The quantitative estimate of drug-likeness (QED) is 0.655. The lowest BCUT2D eigenvalue weighted by atomic mass is 10.1. The molecule has 0 fully saturated rings. The van der Waals surface area contributed by atoms with Gasteiger partial charge in [-0.05, 0) is 62.9 Å². The molecule has 0 radical (unpaired) electrons. The van der Waals surface area contributed by atoms with Crippen LogP contribution >= 0.6 is 0 Å². The first-order valence-corrected chi connectivity index (χ1v) is 11.9. The van der Waals surface area contributed by atoms with Gasteiger partial charge in [0.15, 0.2) is 0 Å². The van der Waals surface area contributed by atoms with Crippen LogP contribution in [0.25, 0.3) is 0 Å². The number of anilines is 1. The van der Waals surface area contributed by atoms with Crippen LogP contribution < -0.4 is 14.4 Å². The summed E-state index contributed by atoms with van der Waals surface area (Å²) in [6.45, 7) is 9.63. The average Bonchev–Trinajstić information content (AvgIpc) is 2.66. The fourth-order valence-electron chi connectivity index (χ4n) is 3.31. The molecule has 0 spiro atoms. The van der Waals surface area contributed by atoms with Crippen LogP contribution in [-0.2, 0) is 14.8 Å². The zero-order chi connectivity index (χ0) is 22.5. The van der Waals surface area contributed by atoms with Crippen molar-refractivity contribution in [3.8, 4) is 5.75 Å². The van der Waals surface area contributed by atoms with Gasteiger partial charge in [-0.25, -0.2) is 8.42 Å². The third kappa shape index (κ3) is 5.98. The number of hydrogen-bond acceptors (Lipinski definition) is 4. The Bertz CT molecular complexity index is 988. The largest absolute Gasteiger partial charge is 0.491 e. The molecule has 2 rings (SSSR count). The molecule has 30 heavy (non-hydrogen) atoms. The van der Waals surface area contributed by atoms with E-state index in [9.17, 15) is 13.2 Å². The molecule has 1 N–H and O–H groups in total. The highest BCUT2D eigenvalue weighted by Crippen LogP contribution is 2.27. The minimum absolute atomic E-state index is 0.286. The van der Waals surface area contributed by atoms with E-state index in [1.165, 1.54) is 4.31 Å². The van der Waals surface area contributed by atoms with Crippen molar-refractivity contribution in [2.75, 3.05) is 17.2 Å². The van der Waals surface area contributed by atoms with Gasteiger partial charge in [0.2, 0.25) is 15.9 Å². The first-order chi connectivity index (χ1) is 14.0. The highest BCUT2D eigenvalue weighted by Gasteiger charge is 2.33. The van der Waals surface area contributed by atoms with E-state index in [2.05, 4.69) is 5.32 Å². The third-order valence-corrected chi connectivity index (χ3v) is 6.07. The van der Waals surface area contributed by atoms with E-state index < -0.39 is 16.1 Å². The Hall–Kier alpha value is -2.54. The van der Waals surface area contributed by atoms with Gasteiger partial charge in [-0.2, -0.15) is 0 Å². The molecule has 2 atom stereocenters. The summed E-state index contributed by atoms with van der Waals surface area (Å²) in [5.74, 6) is 0.420. The summed E-state index contributed by atoms with van der Waals surface area (Å²) in [7, 11) is -3.67. The van der Waals surface area contributed by atoms with Crippen LogP contribution in [0.15, 0.2) is 42.5 Å². The van der Waals surface area contributed by atoms with Crippen LogP contribution in [-0.4, -0.2) is 39.3 Å². The van der Waals surface area contributed by atoms with Crippen molar-refractivity contribution in [2.45, 2.75) is 53.1 Å². The number of ether oxygens (including phenoxy) is 1. The third-order valence-electron chi connectivity index (χ3n) is 4.90. The van der Waals surface area contributed by atoms with Gasteiger partial charge in [0.25, 0.3) is 0 Å². The Morgan fingerprint density at radius 2 is 1.77 bits per heavy atom. The average molecular weight is 433 g/mol. The number of carbonyl (C=O) groups is 1. The van der Waals surface area contributed by atoms with Crippen LogP contribution in [0.4, 0.5) is 5.69 Å². The van der Waals surface area contributed by atoms with Crippen LogP contribution in [0.2, 0.25) is 0 Å². The molecule has 7 heteroatoms. The number of para-hydroxylation sites is 1. The van der Waals surface area contributed by atoms with Gasteiger partial charge in [0, 0.05) is 0 Å². The predicted octanol–water partition coefficient (Wildman–Crippen LogP) is 3.74. The number of rotatable bonds is 9.